The lowest BCUT2D eigenvalue weighted by atomic mass is 9.80. The zero-order valence-corrected chi connectivity index (χ0v) is 9.22. The molecule has 72 valence electrons. The van der Waals surface area contributed by atoms with Crippen molar-refractivity contribution in [2.75, 3.05) is 14.1 Å². The molecule has 12 heavy (non-hydrogen) atoms. The second-order valence-electron chi connectivity index (χ2n) is 5.49. The lowest BCUT2D eigenvalue weighted by molar-refractivity contribution is 0.221. The molecule has 1 aliphatic carbocycles. The van der Waals surface area contributed by atoms with E-state index in [0.717, 1.165) is 12.0 Å². The Kier molecular flexibility index (Phi) is 2.82. The first kappa shape index (κ1) is 10.0. The van der Waals surface area contributed by atoms with Crippen molar-refractivity contribution in [3.8, 4) is 0 Å². The van der Waals surface area contributed by atoms with Crippen molar-refractivity contribution < 1.29 is 0 Å². The summed E-state index contributed by atoms with van der Waals surface area (Å²) in [7, 11) is 4.41. The molecule has 1 aliphatic rings. The summed E-state index contributed by atoms with van der Waals surface area (Å²) >= 11 is 0. The molecule has 0 aromatic heterocycles. The molecule has 0 aliphatic heterocycles. The van der Waals surface area contributed by atoms with Gasteiger partial charge in [-0.1, -0.05) is 20.8 Å². The van der Waals surface area contributed by atoms with Gasteiger partial charge in [-0.2, -0.15) is 0 Å². The highest BCUT2D eigenvalue weighted by Gasteiger charge is 2.33. The monoisotopic (exact) mass is 169 g/mol. The molecule has 0 N–H and O–H groups in total. The van der Waals surface area contributed by atoms with Crippen molar-refractivity contribution in [1.82, 2.24) is 4.90 Å². The van der Waals surface area contributed by atoms with Crippen LogP contribution in [0.3, 0.4) is 0 Å². The fraction of sp³-hybridized carbons (Fsp3) is 1.00. The Balaban J connectivity index is 2.46. The van der Waals surface area contributed by atoms with Gasteiger partial charge in [-0.05, 0) is 44.7 Å². The SMILES string of the molecule is CN(C)C1CCC(C(C)(C)C)C1. The van der Waals surface area contributed by atoms with Gasteiger partial charge in [0.1, 0.15) is 0 Å². The van der Waals surface area contributed by atoms with E-state index in [1.807, 2.05) is 0 Å². The fourth-order valence-corrected chi connectivity index (χ4v) is 2.21. The minimum Gasteiger partial charge on any atom is -0.306 e. The van der Waals surface area contributed by atoms with Crippen LogP contribution in [0.25, 0.3) is 0 Å². The Bertz CT molecular complexity index is 144. The van der Waals surface area contributed by atoms with Crippen LogP contribution in [0.15, 0.2) is 0 Å². The molecule has 0 amide bonds. The van der Waals surface area contributed by atoms with Crippen LogP contribution in [0, 0.1) is 11.3 Å². The van der Waals surface area contributed by atoms with Crippen molar-refractivity contribution in [2.24, 2.45) is 11.3 Å². The smallest absolute Gasteiger partial charge is 0.00921 e. The molecule has 0 saturated heterocycles. The van der Waals surface area contributed by atoms with Crippen molar-refractivity contribution in [1.29, 1.82) is 0 Å². The highest BCUT2D eigenvalue weighted by molar-refractivity contribution is 4.86. The average molecular weight is 169 g/mol. The molecule has 0 aromatic rings. The van der Waals surface area contributed by atoms with Crippen molar-refractivity contribution >= 4 is 0 Å². The van der Waals surface area contributed by atoms with E-state index in [4.69, 9.17) is 0 Å². The average Bonchev–Trinajstić information content (AvgIpc) is 2.30. The van der Waals surface area contributed by atoms with Gasteiger partial charge in [0.05, 0.1) is 0 Å². The Hall–Kier alpha value is -0.0400. The Morgan fingerprint density at radius 2 is 1.67 bits per heavy atom. The summed E-state index contributed by atoms with van der Waals surface area (Å²) in [6, 6.07) is 0.842. The van der Waals surface area contributed by atoms with Gasteiger partial charge in [0.2, 0.25) is 0 Å². The van der Waals surface area contributed by atoms with Gasteiger partial charge in [0.25, 0.3) is 0 Å². The maximum Gasteiger partial charge on any atom is 0.00921 e. The van der Waals surface area contributed by atoms with E-state index in [2.05, 4.69) is 39.8 Å². The predicted molar refractivity (Wildman–Crippen MR) is 54.3 cm³/mol. The standard InChI is InChI=1S/C11H23N/c1-11(2,3)9-6-7-10(8-9)12(4)5/h9-10H,6-8H2,1-5H3. The summed E-state index contributed by atoms with van der Waals surface area (Å²) in [6.07, 6.45) is 4.22. The van der Waals surface area contributed by atoms with E-state index >= 15 is 0 Å². The quantitative estimate of drug-likeness (QED) is 0.583. The molecule has 0 bridgehead atoms. The fourth-order valence-electron chi connectivity index (χ4n) is 2.21. The highest BCUT2D eigenvalue weighted by Crippen LogP contribution is 2.40. The highest BCUT2D eigenvalue weighted by atomic mass is 15.1. The molecule has 1 fully saturated rings. The maximum absolute atomic E-state index is 2.38. The van der Waals surface area contributed by atoms with Gasteiger partial charge in [-0.25, -0.2) is 0 Å². The van der Waals surface area contributed by atoms with E-state index in [0.29, 0.717) is 5.41 Å². The van der Waals surface area contributed by atoms with E-state index in [1.54, 1.807) is 0 Å². The Morgan fingerprint density at radius 1 is 1.08 bits per heavy atom. The first-order valence-electron chi connectivity index (χ1n) is 5.07. The van der Waals surface area contributed by atoms with Gasteiger partial charge in [-0.15, -0.1) is 0 Å². The molecule has 0 heterocycles. The summed E-state index contributed by atoms with van der Waals surface area (Å²) in [5.74, 6) is 0.935. The number of hydrogen-bond acceptors (Lipinski definition) is 1. The van der Waals surface area contributed by atoms with E-state index in [-0.39, 0.29) is 0 Å². The second-order valence-corrected chi connectivity index (χ2v) is 5.49. The van der Waals surface area contributed by atoms with Crippen LogP contribution in [-0.4, -0.2) is 25.0 Å². The molecule has 2 atom stereocenters. The van der Waals surface area contributed by atoms with Crippen LogP contribution in [0.1, 0.15) is 40.0 Å². The lowest BCUT2D eigenvalue weighted by Crippen LogP contribution is -2.26. The van der Waals surface area contributed by atoms with Crippen LogP contribution in [0.4, 0.5) is 0 Å². The summed E-state index contributed by atoms with van der Waals surface area (Å²) in [6.45, 7) is 7.11. The Morgan fingerprint density at radius 3 is 1.92 bits per heavy atom. The van der Waals surface area contributed by atoms with Gasteiger partial charge in [0, 0.05) is 6.04 Å². The van der Waals surface area contributed by atoms with Crippen LogP contribution < -0.4 is 0 Å². The molecule has 0 radical (unpaired) electrons. The van der Waals surface area contributed by atoms with Crippen LogP contribution >= 0.6 is 0 Å². The third kappa shape index (κ3) is 2.22. The third-order valence-electron chi connectivity index (χ3n) is 3.36. The molecular weight excluding hydrogens is 146 g/mol. The first-order chi connectivity index (χ1) is 5.41. The lowest BCUT2D eigenvalue weighted by Gasteiger charge is -2.27. The number of nitrogens with zero attached hydrogens (tertiary/aromatic N) is 1. The largest absolute Gasteiger partial charge is 0.306 e. The molecule has 1 rings (SSSR count). The molecule has 1 nitrogen and oxygen atoms in total. The number of hydrogen-bond donors (Lipinski definition) is 0. The summed E-state index contributed by atoms with van der Waals surface area (Å²) < 4.78 is 0. The Labute approximate surface area is 77.1 Å². The summed E-state index contributed by atoms with van der Waals surface area (Å²) in [4.78, 5) is 2.38. The van der Waals surface area contributed by atoms with Gasteiger partial charge < -0.3 is 4.90 Å². The van der Waals surface area contributed by atoms with Gasteiger partial charge >= 0.3 is 0 Å². The number of rotatable bonds is 1. The summed E-state index contributed by atoms with van der Waals surface area (Å²) in [5.41, 5.74) is 0.519. The van der Waals surface area contributed by atoms with E-state index in [1.165, 1.54) is 19.3 Å². The van der Waals surface area contributed by atoms with Crippen molar-refractivity contribution in [3.63, 3.8) is 0 Å². The first-order valence-corrected chi connectivity index (χ1v) is 5.07. The van der Waals surface area contributed by atoms with Crippen LogP contribution in [0.2, 0.25) is 0 Å². The zero-order chi connectivity index (χ0) is 9.35. The maximum atomic E-state index is 2.38. The second kappa shape index (κ2) is 3.37. The summed E-state index contributed by atoms with van der Waals surface area (Å²) in [5, 5.41) is 0. The van der Waals surface area contributed by atoms with Crippen molar-refractivity contribution in [3.05, 3.63) is 0 Å². The minimum atomic E-state index is 0.519. The van der Waals surface area contributed by atoms with Crippen molar-refractivity contribution in [2.45, 2.75) is 46.1 Å². The van der Waals surface area contributed by atoms with Gasteiger partial charge in [0.15, 0.2) is 0 Å². The van der Waals surface area contributed by atoms with E-state index < -0.39 is 0 Å². The topological polar surface area (TPSA) is 3.24 Å². The minimum absolute atomic E-state index is 0.519. The molecule has 1 heteroatoms. The van der Waals surface area contributed by atoms with E-state index in [9.17, 15) is 0 Å². The molecule has 0 spiro atoms. The predicted octanol–water partition coefficient (Wildman–Crippen LogP) is 2.76. The molecular formula is C11H23N. The van der Waals surface area contributed by atoms with Crippen LogP contribution in [-0.2, 0) is 0 Å². The normalized spacial score (nSPS) is 31.5. The molecule has 0 aromatic carbocycles. The molecule has 1 saturated carbocycles. The zero-order valence-electron chi connectivity index (χ0n) is 9.22. The third-order valence-corrected chi connectivity index (χ3v) is 3.36. The van der Waals surface area contributed by atoms with Crippen LogP contribution in [0.5, 0.6) is 0 Å². The van der Waals surface area contributed by atoms with Gasteiger partial charge in [-0.3, -0.25) is 0 Å². The molecule has 2 unspecified atom stereocenters.